The predicted molar refractivity (Wildman–Crippen MR) is 104 cm³/mol. The second-order valence-electron chi connectivity index (χ2n) is 5.64. The van der Waals surface area contributed by atoms with Gasteiger partial charge in [0.05, 0.1) is 16.3 Å². The van der Waals surface area contributed by atoms with Gasteiger partial charge in [0, 0.05) is 11.6 Å². The Labute approximate surface area is 158 Å². The van der Waals surface area contributed by atoms with Crippen molar-refractivity contribution in [3.63, 3.8) is 0 Å². The van der Waals surface area contributed by atoms with Crippen LogP contribution in [-0.2, 0) is 6.54 Å². The maximum atomic E-state index is 6.16. The Balaban J connectivity index is 1.77. The summed E-state index contributed by atoms with van der Waals surface area (Å²) in [6, 6.07) is 16.3. The lowest BCUT2D eigenvalue weighted by atomic mass is 10.2. The van der Waals surface area contributed by atoms with Gasteiger partial charge in [-0.3, -0.25) is 0 Å². The number of benzene rings is 2. The maximum absolute atomic E-state index is 6.16. The second kappa shape index (κ2) is 7.15. The van der Waals surface area contributed by atoms with Crippen LogP contribution in [-0.4, -0.2) is 19.7 Å². The third-order valence-corrected chi connectivity index (χ3v) is 6.05. The van der Waals surface area contributed by atoms with Crippen molar-refractivity contribution in [3.8, 4) is 0 Å². The smallest absolute Gasteiger partial charge is 0.174 e. The SMILES string of the molecule is C[C@H](Sc1nncs1)c1nc2cc(Cl)ccc2n1Cc1ccccc1. The van der Waals surface area contributed by atoms with E-state index in [1.165, 1.54) is 5.56 Å². The molecule has 0 radical (unpaired) electrons. The van der Waals surface area contributed by atoms with Crippen molar-refractivity contribution < 1.29 is 0 Å². The first-order valence-corrected chi connectivity index (χ1v) is 9.97. The monoisotopic (exact) mass is 386 g/mol. The zero-order valence-electron chi connectivity index (χ0n) is 13.5. The zero-order valence-corrected chi connectivity index (χ0v) is 15.9. The van der Waals surface area contributed by atoms with E-state index in [4.69, 9.17) is 16.6 Å². The first-order valence-electron chi connectivity index (χ1n) is 7.83. The number of hydrogen-bond donors (Lipinski definition) is 0. The Kier molecular flexibility index (Phi) is 4.74. The van der Waals surface area contributed by atoms with Crippen LogP contribution in [0.15, 0.2) is 58.4 Å². The first-order chi connectivity index (χ1) is 12.2. The molecular formula is C18H15ClN4S2. The summed E-state index contributed by atoms with van der Waals surface area (Å²) in [4.78, 5) is 4.86. The topological polar surface area (TPSA) is 43.6 Å². The largest absolute Gasteiger partial charge is 0.323 e. The summed E-state index contributed by atoms with van der Waals surface area (Å²) in [6.07, 6.45) is 0. The summed E-state index contributed by atoms with van der Waals surface area (Å²) >= 11 is 9.39. The van der Waals surface area contributed by atoms with Gasteiger partial charge in [-0.2, -0.15) is 0 Å². The molecule has 4 nitrogen and oxygen atoms in total. The van der Waals surface area contributed by atoms with Crippen LogP contribution < -0.4 is 0 Å². The normalized spacial score (nSPS) is 12.6. The molecule has 4 aromatic rings. The van der Waals surface area contributed by atoms with Crippen LogP contribution in [0.4, 0.5) is 0 Å². The van der Waals surface area contributed by atoms with Gasteiger partial charge in [0.2, 0.25) is 0 Å². The Bertz CT molecular complexity index is 983. The van der Waals surface area contributed by atoms with Crippen molar-refractivity contribution in [2.45, 2.75) is 23.1 Å². The summed E-state index contributed by atoms with van der Waals surface area (Å²) in [5.41, 5.74) is 5.00. The standard InChI is InChI=1S/C18H15ClN4S2/c1-12(25-18-22-20-11-24-18)17-21-15-9-14(19)7-8-16(15)23(17)10-13-5-3-2-4-6-13/h2-9,11-12H,10H2,1H3/t12-/m0/s1. The highest BCUT2D eigenvalue weighted by atomic mass is 35.5. The lowest BCUT2D eigenvalue weighted by Gasteiger charge is -2.13. The number of imidazole rings is 1. The predicted octanol–water partition coefficient (Wildman–Crippen LogP) is 5.44. The van der Waals surface area contributed by atoms with E-state index in [1.807, 2.05) is 24.3 Å². The number of nitrogens with zero attached hydrogens (tertiary/aromatic N) is 4. The van der Waals surface area contributed by atoms with Gasteiger partial charge in [-0.15, -0.1) is 10.2 Å². The lowest BCUT2D eigenvalue weighted by molar-refractivity contribution is 0.746. The van der Waals surface area contributed by atoms with E-state index in [1.54, 1.807) is 28.6 Å². The van der Waals surface area contributed by atoms with Crippen LogP contribution >= 0.6 is 34.7 Å². The van der Waals surface area contributed by atoms with E-state index in [0.29, 0.717) is 5.02 Å². The van der Waals surface area contributed by atoms with Crippen molar-refractivity contribution >= 4 is 45.7 Å². The van der Waals surface area contributed by atoms with Gasteiger partial charge < -0.3 is 4.57 Å². The van der Waals surface area contributed by atoms with E-state index < -0.39 is 0 Å². The minimum Gasteiger partial charge on any atom is -0.323 e. The van der Waals surface area contributed by atoms with Gasteiger partial charge >= 0.3 is 0 Å². The Morgan fingerprint density at radius 3 is 2.80 bits per heavy atom. The molecule has 1 atom stereocenters. The van der Waals surface area contributed by atoms with Crippen LogP contribution in [0.2, 0.25) is 5.02 Å². The molecule has 25 heavy (non-hydrogen) atoms. The molecule has 0 aliphatic rings. The summed E-state index contributed by atoms with van der Waals surface area (Å²) < 4.78 is 3.21. The average molecular weight is 387 g/mol. The van der Waals surface area contributed by atoms with E-state index in [-0.39, 0.29) is 5.25 Å². The average Bonchev–Trinajstić information content (AvgIpc) is 3.24. The fourth-order valence-electron chi connectivity index (χ4n) is 2.78. The highest BCUT2D eigenvalue weighted by molar-refractivity contribution is 8.01. The van der Waals surface area contributed by atoms with Gasteiger partial charge in [-0.05, 0) is 30.7 Å². The summed E-state index contributed by atoms with van der Waals surface area (Å²) in [7, 11) is 0. The zero-order chi connectivity index (χ0) is 17.2. The van der Waals surface area contributed by atoms with Crippen LogP contribution in [0.5, 0.6) is 0 Å². The fourth-order valence-corrected chi connectivity index (χ4v) is 4.69. The molecule has 0 spiro atoms. The van der Waals surface area contributed by atoms with Gasteiger partial charge in [0.15, 0.2) is 4.34 Å². The van der Waals surface area contributed by atoms with E-state index in [9.17, 15) is 0 Å². The van der Waals surface area contributed by atoms with Crippen LogP contribution in [0.1, 0.15) is 23.6 Å². The van der Waals surface area contributed by atoms with Crippen molar-refractivity contribution in [2.24, 2.45) is 0 Å². The van der Waals surface area contributed by atoms with E-state index in [0.717, 1.165) is 27.7 Å². The van der Waals surface area contributed by atoms with Crippen molar-refractivity contribution in [3.05, 3.63) is 70.5 Å². The van der Waals surface area contributed by atoms with Gasteiger partial charge in [0.25, 0.3) is 0 Å². The fraction of sp³-hybridized carbons (Fsp3) is 0.167. The molecule has 7 heteroatoms. The maximum Gasteiger partial charge on any atom is 0.174 e. The second-order valence-corrected chi connectivity index (χ2v) is 8.50. The molecule has 0 unspecified atom stereocenters. The highest BCUT2D eigenvalue weighted by Crippen LogP contribution is 2.36. The summed E-state index contributed by atoms with van der Waals surface area (Å²) in [5, 5.41) is 8.91. The molecule has 0 saturated carbocycles. The third-order valence-electron chi connectivity index (χ3n) is 3.90. The third kappa shape index (κ3) is 3.56. The quantitative estimate of drug-likeness (QED) is 0.428. The number of aromatic nitrogens is 4. The molecule has 0 amide bonds. The minimum atomic E-state index is 0.155. The van der Waals surface area contributed by atoms with Crippen molar-refractivity contribution in [1.29, 1.82) is 0 Å². The molecule has 2 aromatic heterocycles. The molecule has 0 bridgehead atoms. The molecule has 0 aliphatic heterocycles. The number of hydrogen-bond acceptors (Lipinski definition) is 5. The molecule has 0 aliphatic carbocycles. The van der Waals surface area contributed by atoms with Gasteiger partial charge in [0.1, 0.15) is 11.3 Å². The molecule has 0 fully saturated rings. The Morgan fingerprint density at radius 2 is 2.04 bits per heavy atom. The first kappa shape index (κ1) is 16.6. The van der Waals surface area contributed by atoms with Crippen LogP contribution in [0, 0.1) is 0 Å². The Morgan fingerprint density at radius 1 is 1.20 bits per heavy atom. The molecule has 0 N–H and O–H groups in total. The Hall–Kier alpha value is -1.89. The number of rotatable bonds is 5. The molecule has 0 saturated heterocycles. The van der Waals surface area contributed by atoms with Crippen molar-refractivity contribution in [1.82, 2.24) is 19.7 Å². The highest BCUT2D eigenvalue weighted by Gasteiger charge is 2.19. The molecular weight excluding hydrogens is 372 g/mol. The van der Waals surface area contributed by atoms with Crippen LogP contribution in [0.3, 0.4) is 0 Å². The lowest BCUT2D eigenvalue weighted by Crippen LogP contribution is -2.06. The number of halogens is 1. The van der Waals surface area contributed by atoms with Gasteiger partial charge in [-0.1, -0.05) is 65.0 Å². The molecule has 2 heterocycles. The van der Waals surface area contributed by atoms with E-state index in [2.05, 4.69) is 46.0 Å². The van der Waals surface area contributed by atoms with Crippen LogP contribution in [0.25, 0.3) is 11.0 Å². The van der Waals surface area contributed by atoms with E-state index >= 15 is 0 Å². The summed E-state index contributed by atoms with van der Waals surface area (Å²) in [5.74, 6) is 1.02. The van der Waals surface area contributed by atoms with Crippen molar-refractivity contribution in [2.75, 3.05) is 0 Å². The molecule has 126 valence electrons. The number of fused-ring (bicyclic) bond motifs is 1. The molecule has 2 aromatic carbocycles. The number of thioether (sulfide) groups is 1. The summed E-state index contributed by atoms with van der Waals surface area (Å²) in [6.45, 7) is 2.92. The minimum absolute atomic E-state index is 0.155. The molecule has 4 rings (SSSR count). The van der Waals surface area contributed by atoms with Gasteiger partial charge in [-0.25, -0.2) is 4.98 Å².